The van der Waals surface area contributed by atoms with Crippen LogP contribution in [-0.4, -0.2) is 54.5 Å². The van der Waals surface area contributed by atoms with E-state index in [1.807, 2.05) is 6.92 Å². The number of piperidine rings is 1. The number of hydrogen-bond donors (Lipinski definition) is 3. The fraction of sp³-hybridized carbons (Fsp3) is 0.800. The summed E-state index contributed by atoms with van der Waals surface area (Å²) in [5.41, 5.74) is -0.776. The second kappa shape index (κ2) is 8.70. The van der Waals surface area contributed by atoms with Gasteiger partial charge in [-0.1, -0.05) is 6.92 Å². The number of carbonyl (C=O) groups excluding carboxylic acids is 2. The summed E-state index contributed by atoms with van der Waals surface area (Å²) >= 11 is 0. The number of imide groups is 1. The number of nitrogens with zero attached hydrogens (tertiary/aromatic N) is 2. The first-order valence-corrected chi connectivity index (χ1v) is 8.18. The van der Waals surface area contributed by atoms with Gasteiger partial charge >= 0.3 is 6.03 Å². The van der Waals surface area contributed by atoms with Crippen molar-refractivity contribution in [3.8, 4) is 0 Å². The van der Waals surface area contributed by atoms with Crippen LogP contribution in [-0.2, 0) is 4.79 Å². The van der Waals surface area contributed by atoms with E-state index in [9.17, 15) is 9.59 Å². The third kappa shape index (κ3) is 4.48. The highest BCUT2D eigenvalue weighted by Crippen LogP contribution is 2.30. The molecule has 1 unspecified atom stereocenters. The predicted octanol–water partition coefficient (Wildman–Crippen LogP) is 1.29. The molecule has 2 saturated heterocycles. The van der Waals surface area contributed by atoms with Crippen LogP contribution in [0.25, 0.3) is 0 Å². The van der Waals surface area contributed by atoms with Crippen molar-refractivity contribution < 1.29 is 9.59 Å². The number of nitrogens with one attached hydrogen (secondary N) is 3. The zero-order chi connectivity index (χ0) is 16.2. The van der Waals surface area contributed by atoms with Gasteiger partial charge in [0.1, 0.15) is 5.54 Å². The maximum Gasteiger partial charge on any atom is 0.322 e. The van der Waals surface area contributed by atoms with Gasteiger partial charge in [0.25, 0.3) is 5.91 Å². The van der Waals surface area contributed by atoms with Crippen LogP contribution in [0.3, 0.4) is 0 Å². The molecule has 3 amide bonds. The zero-order valence-electron chi connectivity index (χ0n) is 14.1. The monoisotopic (exact) mass is 437 g/mol. The molecule has 0 radical (unpaired) electrons. The van der Waals surface area contributed by atoms with Gasteiger partial charge in [0.15, 0.2) is 5.96 Å². The number of urea groups is 1. The minimum atomic E-state index is -0.776. The first kappa shape index (κ1) is 20.0. The molecule has 0 spiro atoms. The number of amides is 3. The van der Waals surface area contributed by atoms with E-state index in [1.54, 1.807) is 0 Å². The Hall–Kier alpha value is -1.06. The summed E-state index contributed by atoms with van der Waals surface area (Å²) in [7, 11) is 0. The van der Waals surface area contributed by atoms with Gasteiger partial charge in [-0.15, -0.1) is 24.0 Å². The predicted molar refractivity (Wildman–Crippen MR) is 101 cm³/mol. The van der Waals surface area contributed by atoms with Gasteiger partial charge in [-0.2, -0.15) is 0 Å². The average molecular weight is 437 g/mol. The van der Waals surface area contributed by atoms with E-state index in [2.05, 4.69) is 39.7 Å². The van der Waals surface area contributed by atoms with Crippen LogP contribution in [0.15, 0.2) is 4.99 Å². The van der Waals surface area contributed by atoms with Crippen molar-refractivity contribution in [3.63, 3.8) is 0 Å². The summed E-state index contributed by atoms with van der Waals surface area (Å²) in [4.78, 5) is 30.3. The molecule has 0 bridgehead atoms. The Kier molecular flexibility index (Phi) is 7.56. The lowest BCUT2D eigenvalue weighted by molar-refractivity contribution is -0.125. The van der Waals surface area contributed by atoms with E-state index in [0.29, 0.717) is 0 Å². The second-order valence-corrected chi connectivity index (χ2v) is 6.11. The van der Waals surface area contributed by atoms with Gasteiger partial charge in [-0.3, -0.25) is 15.1 Å². The molecule has 2 aliphatic heterocycles. The van der Waals surface area contributed by atoms with Crippen LogP contribution in [0, 0.1) is 5.92 Å². The lowest BCUT2D eigenvalue weighted by atomic mass is 9.79. The molecule has 7 nitrogen and oxygen atoms in total. The van der Waals surface area contributed by atoms with Crippen molar-refractivity contribution in [2.45, 2.75) is 45.6 Å². The fourth-order valence-corrected chi connectivity index (χ4v) is 3.16. The lowest BCUT2D eigenvalue weighted by Gasteiger charge is -2.39. The average Bonchev–Trinajstić information content (AvgIpc) is 2.77. The van der Waals surface area contributed by atoms with Crippen molar-refractivity contribution in [2.24, 2.45) is 10.9 Å². The highest BCUT2D eigenvalue weighted by atomic mass is 127. The maximum absolute atomic E-state index is 12.0. The molecular weight excluding hydrogens is 409 g/mol. The summed E-state index contributed by atoms with van der Waals surface area (Å²) in [5, 5.41) is 8.46. The molecule has 2 fully saturated rings. The Balaban J connectivity index is 0.00000264. The Morgan fingerprint density at radius 1 is 1.35 bits per heavy atom. The number of hydrogen-bond acceptors (Lipinski definition) is 3. The molecule has 2 aliphatic rings. The molecule has 0 aliphatic carbocycles. The van der Waals surface area contributed by atoms with Crippen LogP contribution in [0.1, 0.15) is 40.0 Å². The molecule has 2 rings (SSSR count). The van der Waals surface area contributed by atoms with E-state index in [4.69, 9.17) is 0 Å². The van der Waals surface area contributed by atoms with Crippen molar-refractivity contribution in [2.75, 3.05) is 26.2 Å². The summed E-state index contributed by atoms with van der Waals surface area (Å²) < 4.78 is 0. The third-order valence-electron chi connectivity index (χ3n) is 4.50. The Morgan fingerprint density at radius 2 is 2.00 bits per heavy atom. The van der Waals surface area contributed by atoms with Crippen LogP contribution in [0.2, 0.25) is 0 Å². The van der Waals surface area contributed by atoms with E-state index in [-0.39, 0.29) is 41.8 Å². The van der Waals surface area contributed by atoms with Crippen molar-refractivity contribution in [1.82, 2.24) is 20.9 Å². The molecule has 0 aromatic carbocycles. The van der Waals surface area contributed by atoms with Crippen molar-refractivity contribution in [1.29, 1.82) is 0 Å². The molecule has 132 valence electrons. The third-order valence-corrected chi connectivity index (χ3v) is 4.50. The highest BCUT2D eigenvalue weighted by Gasteiger charge is 2.48. The number of aliphatic imine (C=N–C) groups is 1. The van der Waals surface area contributed by atoms with Gasteiger partial charge in [-0.05, 0) is 39.0 Å². The molecule has 0 aromatic rings. The Bertz CT molecular complexity index is 463. The highest BCUT2D eigenvalue weighted by molar-refractivity contribution is 14.0. The minimum Gasteiger partial charge on any atom is -0.357 e. The second-order valence-electron chi connectivity index (χ2n) is 6.11. The number of halogens is 1. The smallest absolute Gasteiger partial charge is 0.322 e. The molecule has 8 heteroatoms. The van der Waals surface area contributed by atoms with Gasteiger partial charge in [0.2, 0.25) is 0 Å². The summed E-state index contributed by atoms with van der Waals surface area (Å²) in [6.45, 7) is 9.36. The first-order valence-electron chi connectivity index (χ1n) is 8.18. The van der Waals surface area contributed by atoms with Gasteiger partial charge in [-0.25, -0.2) is 4.79 Å². The van der Waals surface area contributed by atoms with Crippen LogP contribution in [0.4, 0.5) is 4.79 Å². The van der Waals surface area contributed by atoms with Crippen LogP contribution in [0.5, 0.6) is 0 Å². The quantitative estimate of drug-likeness (QED) is 0.268. The van der Waals surface area contributed by atoms with E-state index >= 15 is 0 Å². The maximum atomic E-state index is 12.0. The number of likely N-dealkylation sites (tertiary alicyclic amines) is 1. The number of guanidine groups is 1. The number of carbonyl (C=O) groups is 2. The van der Waals surface area contributed by atoms with Crippen molar-refractivity contribution in [3.05, 3.63) is 0 Å². The summed E-state index contributed by atoms with van der Waals surface area (Å²) in [6, 6.07) is -0.382. The van der Waals surface area contributed by atoms with Crippen LogP contribution >= 0.6 is 24.0 Å². The Morgan fingerprint density at radius 3 is 2.48 bits per heavy atom. The number of rotatable bonds is 4. The first-order chi connectivity index (χ1) is 10.5. The molecule has 23 heavy (non-hydrogen) atoms. The van der Waals surface area contributed by atoms with E-state index < -0.39 is 5.54 Å². The van der Waals surface area contributed by atoms with Gasteiger partial charge in [0, 0.05) is 26.2 Å². The van der Waals surface area contributed by atoms with Crippen molar-refractivity contribution >= 4 is 41.9 Å². The van der Waals surface area contributed by atoms with E-state index in [1.165, 1.54) is 0 Å². The fourth-order valence-electron chi connectivity index (χ4n) is 3.16. The standard InChI is InChI=1S/C15H27N5O2.HI/c1-4-8-17-13(16-5-2)20-9-6-11(7-10-20)15(3)12(21)18-14(22)19-15;/h11H,4-10H2,1-3H3,(H,16,17)(H2,18,19,21,22);1H. The molecule has 2 heterocycles. The molecular formula is C15H28IN5O2. The SMILES string of the molecule is CCCN=C(NCC)N1CCC(C2(C)NC(=O)NC2=O)CC1.I. The summed E-state index contributed by atoms with van der Waals surface area (Å²) in [5.74, 6) is 0.902. The molecule has 0 saturated carbocycles. The van der Waals surface area contributed by atoms with Gasteiger partial charge in [0.05, 0.1) is 0 Å². The topological polar surface area (TPSA) is 85.8 Å². The normalized spacial score (nSPS) is 25.7. The van der Waals surface area contributed by atoms with E-state index in [0.717, 1.165) is 51.4 Å². The minimum absolute atomic E-state index is 0. The molecule has 3 N–H and O–H groups in total. The molecule has 0 aromatic heterocycles. The van der Waals surface area contributed by atoms with Gasteiger partial charge < -0.3 is 15.5 Å². The Labute approximate surface area is 155 Å². The van der Waals surface area contributed by atoms with Crippen LogP contribution < -0.4 is 16.0 Å². The molecule has 1 atom stereocenters. The summed E-state index contributed by atoms with van der Waals surface area (Å²) in [6.07, 6.45) is 2.75. The largest absolute Gasteiger partial charge is 0.357 e. The zero-order valence-corrected chi connectivity index (χ0v) is 16.5. The lowest BCUT2D eigenvalue weighted by Crippen LogP contribution is -2.55.